The average molecular weight is 475 g/mol. The second-order valence-electron chi connectivity index (χ2n) is 6.92. The number of anilines is 2. The van der Waals surface area contributed by atoms with Gasteiger partial charge >= 0.3 is 0 Å². The van der Waals surface area contributed by atoms with Gasteiger partial charge in [0.2, 0.25) is 5.91 Å². The van der Waals surface area contributed by atoms with Crippen molar-refractivity contribution in [3.05, 3.63) is 77.3 Å². The fourth-order valence-corrected chi connectivity index (χ4v) is 4.65. The van der Waals surface area contributed by atoms with Gasteiger partial charge in [0, 0.05) is 5.69 Å². The molecule has 0 fully saturated rings. The lowest BCUT2D eigenvalue weighted by Gasteiger charge is -2.24. The lowest BCUT2D eigenvalue weighted by Crippen LogP contribution is -2.38. The van der Waals surface area contributed by atoms with Crippen LogP contribution in [0.4, 0.5) is 11.4 Å². The Hall–Kier alpha value is -3.23. The second-order valence-corrected chi connectivity index (χ2v) is 9.19. The number of ether oxygens (including phenoxy) is 2. The van der Waals surface area contributed by atoms with Crippen LogP contribution >= 0.6 is 11.6 Å². The maximum atomic E-state index is 13.4. The number of nitrogens with one attached hydrogen (secondary N) is 1. The molecule has 168 valence electrons. The third kappa shape index (κ3) is 5.33. The summed E-state index contributed by atoms with van der Waals surface area (Å²) in [5.74, 6) is 0.469. The highest BCUT2D eigenvalue weighted by atomic mass is 35.5. The van der Waals surface area contributed by atoms with Gasteiger partial charge in [0.15, 0.2) is 0 Å². The summed E-state index contributed by atoms with van der Waals surface area (Å²) in [5, 5.41) is 3.01. The topological polar surface area (TPSA) is 84.9 Å². The van der Waals surface area contributed by atoms with Crippen molar-refractivity contribution < 1.29 is 22.7 Å². The Morgan fingerprint density at radius 1 is 0.969 bits per heavy atom. The maximum absolute atomic E-state index is 13.4. The van der Waals surface area contributed by atoms with Crippen molar-refractivity contribution in [1.82, 2.24) is 0 Å². The van der Waals surface area contributed by atoms with Crippen molar-refractivity contribution in [2.75, 3.05) is 30.4 Å². The van der Waals surface area contributed by atoms with Crippen LogP contribution in [0.3, 0.4) is 0 Å². The Kier molecular flexibility index (Phi) is 7.27. The average Bonchev–Trinajstić information content (AvgIpc) is 2.78. The molecule has 1 amide bonds. The Morgan fingerprint density at radius 3 is 2.19 bits per heavy atom. The molecule has 0 heterocycles. The zero-order valence-corrected chi connectivity index (χ0v) is 19.4. The van der Waals surface area contributed by atoms with Crippen molar-refractivity contribution >= 4 is 38.9 Å². The number of hydrogen-bond acceptors (Lipinski definition) is 5. The van der Waals surface area contributed by atoms with Crippen molar-refractivity contribution in [1.29, 1.82) is 0 Å². The smallest absolute Gasteiger partial charge is 0.264 e. The Bertz CT molecular complexity index is 1200. The minimum absolute atomic E-state index is 0.0409. The van der Waals surface area contributed by atoms with E-state index in [1.54, 1.807) is 48.5 Å². The van der Waals surface area contributed by atoms with Gasteiger partial charge in [-0.05, 0) is 61.5 Å². The first-order chi connectivity index (χ1) is 15.2. The first-order valence-electron chi connectivity index (χ1n) is 9.61. The molecule has 32 heavy (non-hydrogen) atoms. The molecule has 0 bridgehead atoms. The van der Waals surface area contributed by atoms with Crippen molar-refractivity contribution in [3.63, 3.8) is 0 Å². The van der Waals surface area contributed by atoms with Crippen LogP contribution in [0.1, 0.15) is 5.56 Å². The van der Waals surface area contributed by atoms with E-state index in [0.29, 0.717) is 27.9 Å². The molecule has 0 saturated heterocycles. The van der Waals surface area contributed by atoms with E-state index in [1.807, 2.05) is 6.92 Å². The molecular formula is C23H23ClN2O5S. The number of halogens is 1. The molecule has 1 N–H and O–H groups in total. The van der Waals surface area contributed by atoms with Crippen LogP contribution in [0.25, 0.3) is 0 Å². The number of aryl methyl sites for hydroxylation is 1. The van der Waals surface area contributed by atoms with Crippen LogP contribution in [-0.4, -0.2) is 35.1 Å². The number of nitrogens with zero attached hydrogens (tertiary/aromatic N) is 1. The van der Waals surface area contributed by atoms with E-state index in [9.17, 15) is 13.2 Å². The Labute approximate surface area is 192 Å². The van der Waals surface area contributed by atoms with Gasteiger partial charge in [-0.2, -0.15) is 0 Å². The number of carbonyl (C=O) groups is 1. The summed E-state index contributed by atoms with van der Waals surface area (Å²) in [6.45, 7) is 1.47. The van der Waals surface area contributed by atoms with Gasteiger partial charge in [-0.25, -0.2) is 8.42 Å². The van der Waals surface area contributed by atoms with Gasteiger partial charge in [0.1, 0.15) is 18.0 Å². The SMILES string of the molecule is COc1ccc(S(=O)(=O)N(CC(=O)Nc2ccc(OC)c(Cl)c2)c2ccc(C)cc2)cc1. The predicted molar refractivity (Wildman–Crippen MR) is 125 cm³/mol. The van der Waals surface area contributed by atoms with Gasteiger partial charge < -0.3 is 14.8 Å². The molecule has 3 aromatic rings. The van der Waals surface area contributed by atoms with E-state index in [4.69, 9.17) is 21.1 Å². The summed E-state index contributed by atoms with van der Waals surface area (Å²) >= 11 is 6.11. The molecule has 0 aliphatic rings. The Morgan fingerprint density at radius 2 is 1.62 bits per heavy atom. The molecule has 0 spiro atoms. The highest BCUT2D eigenvalue weighted by Gasteiger charge is 2.27. The molecule has 7 nitrogen and oxygen atoms in total. The fraction of sp³-hybridized carbons (Fsp3) is 0.174. The summed E-state index contributed by atoms with van der Waals surface area (Å²) in [5.41, 5.74) is 1.76. The van der Waals surface area contributed by atoms with E-state index >= 15 is 0 Å². The minimum Gasteiger partial charge on any atom is -0.497 e. The monoisotopic (exact) mass is 474 g/mol. The normalized spacial score (nSPS) is 11.0. The van der Waals surface area contributed by atoms with Crippen LogP contribution < -0.4 is 19.1 Å². The molecule has 0 atom stereocenters. The minimum atomic E-state index is -4.03. The summed E-state index contributed by atoms with van der Waals surface area (Å²) < 4.78 is 38.1. The van der Waals surface area contributed by atoms with Gasteiger partial charge in [-0.3, -0.25) is 9.10 Å². The zero-order chi connectivity index (χ0) is 23.3. The van der Waals surface area contributed by atoms with Gasteiger partial charge in [0.25, 0.3) is 10.0 Å². The third-order valence-electron chi connectivity index (χ3n) is 4.69. The molecule has 3 aromatic carbocycles. The number of methoxy groups -OCH3 is 2. The summed E-state index contributed by atoms with van der Waals surface area (Å²) in [7, 11) is -1.04. The summed E-state index contributed by atoms with van der Waals surface area (Å²) in [6, 6.07) is 17.7. The van der Waals surface area contributed by atoms with Gasteiger partial charge in [-0.1, -0.05) is 29.3 Å². The fourth-order valence-electron chi connectivity index (χ4n) is 2.98. The molecule has 0 aliphatic heterocycles. The number of benzene rings is 3. The van der Waals surface area contributed by atoms with E-state index in [-0.39, 0.29) is 4.90 Å². The first kappa shape index (κ1) is 23.4. The third-order valence-corrected chi connectivity index (χ3v) is 6.78. The van der Waals surface area contributed by atoms with Gasteiger partial charge in [0.05, 0.1) is 29.8 Å². The van der Waals surface area contributed by atoms with E-state index in [0.717, 1.165) is 9.87 Å². The van der Waals surface area contributed by atoms with Crippen LogP contribution in [0.15, 0.2) is 71.6 Å². The second kappa shape index (κ2) is 9.93. The van der Waals surface area contributed by atoms with Crippen LogP contribution in [0.5, 0.6) is 11.5 Å². The molecule has 3 rings (SSSR count). The quantitative estimate of drug-likeness (QED) is 0.519. The molecule has 0 aromatic heterocycles. The standard InChI is InChI=1S/C23H23ClN2O5S/c1-16-4-7-18(8-5-16)26(32(28,29)20-11-9-19(30-2)10-12-20)15-23(27)25-17-6-13-22(31-3)21(24)14-17/h4-14H,15H2,1-3H3,(H,25,27). The highest BCUT2D eigenvalue weighted by Crippen LogP contribution is 2.28. The number of amides is 1. The summed E-state index contributed by atoms with van der Waals surface area (Å²) in [6.07, 6.45) is 0. The van der Waals surface area contributed by atoms with Gasteiger partial charge in [-0.15, -0.1) is 0 Å². The van der Waals surface area contributed by atoms with Crippen LogP contribution in [-0.2, 0) is 14.8 Å². The maximum Gasteiger partial charge on any atom is 0.264 e. The first-order valence-corrected chi connectivity index (χ1v) is 11.4. The molecule has 0 saturated carbocycles. The van der Waals surface area contributed by atoms with Crippen molar-refractivity contribution in [2.45, 2.75) is 11.8 Å². The number of hydrogen-bond donors (Lipinski definition) is 1. The van der Waals surface area contributed by atoms with Crippen LogP contribution in [0.2, 0.25) is 5.02 Å². The lowest BCUT2D eigenvalue weighted by atomic mass is 10.2. The highest BCUT2D eigenvalue weighted by molar-refractivity contribution is 7.92. The van der Waals surface area contributed by atoms with E-state index in [2.05, 4.69) is 5.32 Å². The van der Waals surface area contributed by atoms with E-state index in [1.165, 1.54) is 32.4 Å². The molecule has 0 radical (unpaired) electrons. The van der Waals surface area contributed by atoms with Crippen LogP contribution in [0, 0.1) is 6.92 Å². The molecular weight excluding hydrogens is 452 g/mol. The molecule has 0 unspecified atom stereocenters. The van der Waals surface area contributed by atoms with E-state index < -0.39 is 22.5 Å². The van der Waals surface area contributed by atoms with Crippen molar-refractivity contribution in [3.8, 4) is 11.5 Å². The summed E-state index contributed by atoms with van der Waals surface area (Å²) in [4.78, 5) is 12.8. The van der Waals surface area contributed by atoms with Crippen molar-refractivity contribution in [2.24, 2.45) is 0 Å². The zero-order valence-electron chi connectivity index (χ0n) is 17.8. The largest absolute Gasteiger partial charge is 0.497 e. The predicted octanol–water partition coefficient (Wildman–Crippen LogP) is 4.50. The molecule has 0 aliphatic carbocycles. The molecule has 9 heteroatoms. The Balaban J connectivity index is 1.91. The number of carbonyl (C=O) groups excluding carboxylic acids is 1. The number of sulfonamides is 1. The lowest BCUT2D eigenvalue weighted by molar-refractivity contribution is -0.114. The number of rotatable bonds is 8.